The topological polar surface area (TPSA) is 125 Å². The molecule has 0 saturated heterocycles. The zero-order valence-corrected chi connectivity index (χ0v) is 18.3. The van der Waals surface area contributed by atoms with Crippen molar-refractivity contribution in [1.29, 1.82) is 0 Å². The van der Waals surface area contributed by atoms with Crippen molar-refractivity contribution in [2.24, 2.45) is 0 Å². The Morgan fingerprint density at radius 2 is 1.75 bits per heavy atom. The third-order valence-corrected chi connectivity index (χ3v) is 5.20. The average molecular weight is 435 g/mol. The first-order valence-corrected chi connectivity index (χ1v) is 10.0. The van der Waals surface area contributed by atoms with E-state index >= 15 is 0 Å². The van der Waals surface area contributed by atoms with Crippen molar-refractivity contribution in [3.63, 3.8) is 0 Å². The van der Waals surface area contributed by atoms with Crippen LogP contribution >= 0.6 is 0 Å². The van der Waals surface area contributed by atoms with Crippen LogP contribution in [-0.4, -0.2) is 45.8 Å². The van der Waals surface area contributed by atoms with Crippen molar-refractivity contribution in [1.82, 2.24) is 9.97 Å². The number of pyridine rings is 1. The van der Waals surface area contributed by atoms with Gasteiger partial charge < -0.3 is 25.3 Å². The monoisotopic (exact) mass is 435 g/mol. The number of carboxylic acids is 2. The highest BCUT2D eigenvalue weighted by Gasteiger charge is 2.16. The lowest BCUT2D eigenvalue weighted by molar-refractivity contribution is -0.134. The summed E-state index contributed by atoms with van der Waals surface area (Å²) in [6.45, 7) is 7.30. The second kappa shape index (κ2) is 9.38. The maximum Gasteiger partial charge on any atom is 0.328 e. The standard InChI is InChI=1S/C20H21N3O.C4H4O4/c1-5-21-20-18-12(3)17-15-10-13(24-4)6-7-16(15)23-19(17)11(2)14(18)8-9-22-20;5-3(6)1-2-4(7)8/h6-10,23H,5H2,1-4H3,(H,21,22);1-2H,(H,5,6)(H,7,8). The molecule has 0 fully saturated rings. The van der Waals surface area contributed by atoms with Crippen molar-refractivity contribution in [3.05, 3.63) is 53.7 Å². The molecule has 0 aliphatic heterocycles. The summed E-state index contributed by atoms with van der Waals surface area (Å²) in [5.41, 5.74) is 4.82. The summed E-state index contributed by atoms with van der Waals surface area (Å²) in [6.07, 6.45) is 2.99. The minimum absolute atomic E-state index is 0.558. The molecule has 4 rings (SSSR count). The lowest BCUT2D eigenvalue weighted by Gasteiger charge is -2.13. The fourth-order valence-corrected chi connectivity index (χ4v) is 3.83. The van der Waals surface area contributed by atoms with Crippen LogP contribution in [0, 0.1) is 13.8 Å². The van der Waals surface area contributed by atoms with E-state index in [1.54, 1.807) is 7.11 Å². The number of carbonyl (C=O) groups is 2. The highest BCUT2D eigenvalue weighted by Crippen LogP contribution is 2.39. The van der Waals surface area contributed by atoms with Gasteiger partial charge in [-0.2, -0.15) is 0 Å². The second-order valence-corrected chi connectivity index (χ2v) is 7.16. The van der Waals surface area contributed by atoms with Gasteiger partial charge in [0.25, 0.3) is 0 Å². The number of aromatic nitrogens is 2. The number of nitrogens with one attached hydrogen (secondary N) is 2. The van der Waals surface area contributed by atoms with E-state index in [1.807, 2.05) is 12.3 Å². The van der Waals surface area contributed by atoms with Crippen molar-refractivity contribution in [2.45, 2.75) is 20.8 Å². The molecule has 0 atom stereocenters. The number of rotatable bonds is 5. The molecule has 0 aliphatic carbocycles. The molecular weight excluding hydrogens is 410 g/mol. The molecule has 0 radical (unpaired) electrons. The molecule has 4 N–H and O–H groups in total. The van der Waals surface area contributed by atoms with Crippen LogP contribution < -0.4 is 10.1 Å². The summed E-state index contributed by atoms with van der Waals surface area (Å²) in [7, 11) is 1.71. The van der Waals surface area contributed by atoms with Gasteiger partial charge in [-0.05, 0) is 61.5 Å². The Hall–Kier alpha value is -4.07. The largest absolute Gasteiger partial charge is 0.497 e. The number of methoxy groups -OCH3 is 1. The van der Waals surface area contributed by atoms with Crippen LogP contribution in [0.5, 0.6) is 5.75 Å². The van der Waals surface area contributed by atoms with Crippen LogP contribution in [-0.2, 0) is 9.59 Å². The maximum absolute atomic E-state index is 9.55. The van der Waals surface area contributed by atoms with Crippen LogP contribution in [0.15, 0.2) is 42.6 Å². The molecular formula is C24H25N3O5. The smallest absolute Gasteiger partial charge is 0.328 e. The lowest BCUT2D eigenvalue weighted by atomic mass is 9.96. The number of anilines is 1. The van der Waals surface area contributed by atoms with Crippen molar-refractivity contribution in [2.75, 3.05) is 19.0 Å². The number of aromatic amines is 1. The molecule has 4 aromatic rings. The molecule has 2 heterocycles. The van der Waals surface area contributed by atoms with Gasteiger partial charge in [-0.1, -0.05) is 0 Å². The highest BCUT2D eigenvalue weighted by atomic mass is 16.5. The van der Waals surface area contributed by atoms with E-state index < -0.39 is 11.9 Å². The number of aliphatic carboxylic acids is 2. The number of fused-ring (bicyclic) bond motifs is 4. The number of H-pyrrole nitrogens is 1. The van der Waals surface area contributed by atoms with E-state index in [4.69, 9.17) is 14.9 Å². The van der Waals surface area contributed by atoms with E-state index in [2.05, 4.69) is 54.3 Å². The molecule has 2 aromatic carbocycles. The molecule has 166 valence electrons. The molecule has 0 unspecified atom stereocenters. The Morgan fingerprint density at radius 3 is 2.34 bits per heavy atom. The summed E-state index contributed by atoms with van der Waals surface area (Å²) >= 11 is 0. The van der Waals surface area contributed by atoms with Crippen molar-refractivity contribution >= 4 is 50.3 Å². The minimum atomic E-state index is -1.26. The first-order chi connectivity index (χ1) is 15.3. The number of nitrogens with zero attached hydrogens (tertiary/aromatic N) is 1. The number of carboxylic acid groups (broad SMARTS) is 2. The third-order valence-electron chi connectivity index (χ3n) is 5.20. The van der Waals surface area contributed by atoms with Gasteiger partial charge in [0.05, 0.1) is 12.6 Å². The number of ether oxygens (including phenoxy) is 1. The third kappa shape index (κ3) is 4.34. The van der Waals surface area contributed by atoms with E-state index in [0.717, 1.165) is 23.6 Å². The second-order valence-electron chi connectivity index (χ2n) is 7.16. The van der Waals surface area contributed by atoms with E-state index in [1.165, 1.54) is 38.2 Å². The van der Waals surface area contributed by atoms with Gasteiger partial charge in [0.1, 0.15) is 11.6 Å². The Kier molecular flexibility index (Phi) is 6.63. The van der Waals surface area contributed by atoms with Gasteiger partial charge >= 0.3 is 11.9 Å². The molecule has 0 bridgehead atoms. The zero-order valence-electron chi connectivity index (χ0n) is 18.3. The van der Waals surface area contributed by atoms with Crippen LogP contribution in [0.4, 0.5) is 5.82 Å². The molecule has 0 aliphatic rings. The lowest BCUT2D eigenvalue weighted by Crippen LogP contribution is -2.01. The van der Waals surface area contributed by atoms with E-state index in [-0.39, 0.29) is 0 Å². The Balaban J connectivity index is 0.000000312. The molecule has 32 heavy (non-hydrogen) atoms. The van der Waals surface area contributed by atoms with Gasteiger partial charge in [0.15, 0.2) is 0 Å². The zero-order chi connectivity index (χ0) is 23.4. The number of benzene rings is 2. The van der Waals surface area contributed by atoms with Crippen molar-refractivity contribution in [3.8, 4) is 5.75 Å². The van der Waals surface area contributed by atoms with Gasteiger partial charge in [0, 0.05) is 46.6 Å². The fourth-order valence-electron chi connectivity index (χ4n) is 3.83. The molecule has 0 saturated carbocycles. The Labute approximate surface area is 184 Å². The highest BCUT2D eigenvalue weighted by molar-refractivity contribution is 6.18. The molecule has 0 spiro atoms. The summed E-state index contributed by atoms with van der Waals surface area (Å²) in [5.74, 6) is -0.687. The first kappa shape index (κ1) is 22.6. The van der Waals surface area contributed by atoms with E-state index in [0.29, 0.717) is 12.2 Å². The Bertz CT molecular complexity index is 1340. The summed E-state index contributed by atoms with van der Waals surface area (Å²) in [6, 6.07) is 8.29. The molecule has 2 aromatic heterocycles. The fraction of sp³-hybridized carbons (Fsp3) is 0.208. The van der Waals surface area contributed by atoms with Crippen LogP contribution in [0.2, 0.25) is 0 Å². The van der Waals surface area contributed by atoms with Gasteiger partial charge in [-0.3, -0.25) is 0 Å². The van der Waals surface area contributed by atoms with Crippen molar-refractivity contribution < 1.29 is 24.5 Å². The van der Waals surface area contributed by atoms with Crippen LogP contribution in [0.3, 0.4) is 0 Å². The number of aryl methyl sites for hydroxylation is 2. The predicted molar refractivity (Wildman–Crippen MR) is 126 cm³/mol. The number of hydrogen-bond acceptors (Lipinski definition) is 5. The van der Waals surface area contributed by atoms with E-state index in [9.17, 15) is 9.59 Å². The van der Waals surface area contributed by atoms with Gasteiger partial charge in [-0.15, -0.1) is 0 Å². The van der Waals surface area contributed by atoms with Gasteiger partial charge in [0.2, 0.25) is 0 Å². The van der Waals surface area contributed by atoms with Crippen LogP contribution in [0.1, 0.15) is 18.1 Å². The quantitative estimate of drug-likeness (QED) is 0.337. The SMILES string of the molecule is CCNc1nccc2c(C)c3[nH]c4ccc(OC)cc4c3c(C)c12.O=C(O)C=CC(=O)O. The molecule has 0 amide bonds. The normalized spacial score (nSPS) is 11.0. The average Bonchev–Trinajstić information content (AvgIpc) is 3.16. The summed E-state index contributed by atoms with van der Waals surface area (Å²) in [5, 5.41) is 23.9. The molecule has 8 heteroatoms. The number of hydrogen-bond donors (Lipinski definition) is 4. The van der Waals surface area contributed by atoms with Crippen LogP contribution in [0.25, 0.3) is 32.6 Å². The first-order valence-electron chi connectivity index (χ1n) is 10.0. The predicted octanol–water partition coefficient (Wildman–Crippen LogP) is 4.64. The summed E-state index contributed by atoms with van der Waals surface area (Å²) in [4.78, 5) is 27.3. The Morgan fingerprint density at radius 1 is 1.06 bits per heavy atom. The molecule has 8 nitrogen and oxygen atoms in total. The minimum Gasteiger partial charge on any atom is -0.497 e. The maximum atomic E-state index is 9.55. The van der Waals surface area contributed by atoms with Gasteiger partial charge in [-0.25, -0.2) is 14.6 Å². The summed E-state index contributed by atoms with van der Waals surface area (Å²) < 4.78 is 5.42.